The van der Waals surface area contributed by atoms with Gasteiger partial charge in [0.1, 0.15) is 11.4 Å². The van der Waals surface area contributed by atoms with Crippen LogP contribution in [0.4, 0.5) is 0 Å². The van der Waals surface area contributed by atoms with Crippen LogP contribution in [-0.2, 0) is 11.2 Å². The number of hydrogen-bond donors (Lipinski definition) is 1. The van der Waals surface area contributed by atoms with Crippen molar-refractivity contribution in [1.82, 2.24) is 15.1 Å². The van der Waals surface area contributed by atoms with E-state index in [2.05, 4.69) is 27.7 Å². The molecule has 4 rings (SSSR count). The Labute approximate surface area is 174 Å². The largest absolute Gasteiger partial charge is 0.497 e. The Kier molecular flexibility index (Phi) is 6.27. The molecule has 1 aromatic carbocycles. The van der Waals surface area contributed by atoms with Crippen molar-refractivity contribution in [2.45, 2.75) is 25.3 Å². The Morgan fingerprint density at radius 2 is 2.14 bits per heavy atom. The zero-order chi connectivity index (χ0) is 20.1. The second-order valence-electron chi connectivity index (χ2n) is 7.07. The van der Waals surface area contributed by atoms with Gasteiger partial charge in [-0.15, -0.1) is 11.3 Å². The van der Waals surface area contributed by atoms with E-state index in [0.717, 1.165) is 36.3 Å². The number of aromatic nitrogens is 2. The summed E-state index contributed by atoms with van der Waals surface area (Å²) in [5, 5.41) is 9.39. The van der Waals surface area contributed by atoms with E-state index < -0.39 is 0 Å². The van der Waals surface area contributed by atoms with Crippen molar-refractivity contribution >= 4 is 17.2 Å². The smallest absolute Gasteiger partial charge is 0.272 e. The fourth-order valence-corrected chi connectivity index (χ4v) is 4.35. The van der Waals surface area contributed by atoms with Crippen LogP contribution in [0, 0.1) is 0 Å². The Bertz CT molecular complexity index is 932. The van der Waals surface area contributed by atoms with E-state index >= 15 is 0 Å². The van der Waals surface area contributed by atoms with Crippen molar-refractivity contribution in [1.29, 1.82) is 0 Å². The molecule has 1 saturated heterocycles. The predicted molar refractivity (Wildman–Crippen MR) is 113 cm³/mol. The van der Waals surface area contributed by atoms with Crippen LogP contribution in [-0.4, -0.2) is 53.9 Å². The van der Waals surface area contributed by atoms with Gasteiger partial charge in [-0.1, -0.05) is 18.2 Å². The molecule has 3 aromatic rings. The number of thiophene rings is 1. The molecule has 3 heterocycles. The molecule has 2 aromatic heterocycles. The molecular formula is C22H25N3O3S. The van der Waals surface area contributed by atoms with Gasteiger partial charge in [-0.05, 0) is 48.9 Å². The highest BCUT2D eigenvalue weighted by atomic mass is 32.1. The number of benzene rings is 1. The van der Waals surface area contributed by atoms with Gasteiger partial charge in [0.2, 0.25) is 0 Å². The summed E-state index contributed by atoms with van der Waals surface area (Å²) in [6.45, 7) is 2.09. The van der Waals surface area contributed by atoms with E-state index in [0.29, 0.717) is 25.5 Å². The van der Waals surface area contributed by atoms with Crippen molar-refractivity contribution in [3.05, 3.63) is 58.4 Å². The van der Waals surface area contributed by atoms with E-state index in [-0.39, 0.29) is 11.9 Å². The summed E-state index contributed by atoms with van der Waals surface area (Å²) in [5.74, 6) is 0.758. The molecule has 0 saturated carbocycles. The number of nitrogens with zero attached hydrogens (tertiary/aromatic N) is 2. The molecule has 1 N–H and O–H groups in total. The molecule has 0 aliphatic carbocycles. The van der Waals surface area contributed by atoms with Crippen molar-refractivity contribution in [2.75, 3.05) is 26.9 Å². The minimum atomic E-state index is -0.00453. The summed E-state index contributed by atoms with van der Waals surface area (Å²) in [5.41, 5.74) is 2.16. The highest BCUT2D eigenvalue weighted by Gasteiger charge is 2.27. The van der Waals surface area contributed by atoms with Crippen molar-refractivity contribution in [3.63, 3.8) is 0 Å². The summed E-state index contributed by atoms with van der Waals surface area (Å²) in [7, 11) is 1.64. The lowest BCUT2D eigenvalue weighted by Gasteiger charge is -2.34. The van der Waals surface area contributed by atoms with Crippen LogP contribution in [0.3, 0.4) is 0 Å². The molecule has 1 aliphatic heterocycles. The Morgan fingerprint density at radius 3 is 2.90 bits per heavy atom. The molecule has 7 heteroatoms. The van der Waals surface area contributed by atoms with Crippen LogP contribution in [0.15, 0.2) is 47.8 Å². The number of nitrogens with one attached hydrogen (secondary N) is 1. The number of amides is 1. The lowest BCUT2D eigenvalue weighted by atomic mass is 10.1. The predicted octanol–water partition coefficient (Wildman–Crippen LogP) is 4.01. The van der Waals surface area contributed by atoms with Gasteiger partial charge in [0.05, 0.1) is 12.8 Å². The first-order valence-electron chi connectivity index (χ1n) is 9.85. The fourth-order valence-electron chi connectivity index (χ4n) is 3.65. The number of aromatic amines is 1. The normalized spacial score (nSPS) is 14.7. The number of carbonyl (C=O) groups is 1. The molecule has 29 heavy (non-hydrogen) atoms. The molecule has 0 spiro atoms. The van der Waals surface area contributed by atoms with E-state index in [4.69, 9.17) is 9.47 Å². The van der Waals surface area contributed by atoms with Crippen LogP contribution in [0.5, 0.6) is 5.75 Å². The first-order valence-corrected chi connectivity index (χ1v) is 10.7. The van der Waals surface area contributed by atoms with E-state index in [1.54, 1.807) is 18.4 Å². The third-order valence-electron chi connectivity index (χ3n) is 5.25. The van der Waals surface area contributed by atoms with Gasteiger partial charge in [0.25, 0.3) is 5.91 Å². The fraction of sp³-hybridized carbons (Fsp3) is 0.364. The molecule has 1 aliphatic rings. The lowest BCUT2D eigenvalue weighted by Crippen LogP contribution is -2.44. The third kappa shape index (κ3) is 4.68. The van der Waals surface area contributed by atoms with Crippen LogP contribution in [0.1, 0.15) is 28.2 Å². The molecular weight excluding hydrogens is 386 g/mol. The minimum Gasteiger partial charge on any atom is -0.497 e. The topological polar surface area (TPSA) is 67.4 Å². The third-order valence-corrected chi connectivity index (χ3v) is 6.18. The van der Waals surface area contributed by atoms with Crippen LogP contribution in [0.2, 0.25) is 0 Å². The summed E-state index contributed by atoms with van der Waals surface area (Å²) in [4.78, 5) is 16.6. The van der Waals surface area contributed by atoms with E-state index in [1.807, 2.05) is 35.2 Å². The Balaban J connectivity index is 1.54. The molecule has 0 unspecified atom stereocenters. The maximum Gasteiger partial charge on any atom is 0.272 e. The first kappa shape index (κ1) is 19.7. The number of rotatable bonds is 7. The summed E-state index contributed by atoms with van der Waals surface area (Å²) >= 11 is 1.73. The Morgan fingerprint density at radius 1 is 1.28 bits per heavy atom. The summed E-state index contributed by atoms with van der Waals surface area (Å²) < 4.78 is 10.8. The van der Waals surface area contributed by atoms with Gasteiger partial charge in [0, 0.05) is 36.2 Å². The average Bonchev–Trinajstić information content (AvgIpc) is 3.47. The number of methoxy groups -OCH3 is 1. The van der Waals surface area contributed by atoms with Crippen molar-refractivity contribution < 1.29 is 14.3 Å². The lowest BCUT2D eigenvalue weighted by molar-refractivity contribution is 0.0290. The Hall–Kier alpha value is -2.64. The first-order chi connectivity index (χ1) is 14.2. The molecule has 1 fully saturated rings. The zero-order valence-corrected chi connectivity index (χ0v) is 17.3. The zero-order valence-electron chi connectivity index (χ0n) is 16.5. The molecule has 1 amide bonds. The average molecular weight is 412 g/mol. The van der Waals surface area contributed by atoms with Gasteiger partial charge in [-0.2, -0.15) is 5.10 Å². The second-order valence-corrected chi connectivity index (χ2v) is 8.10. The van der Waals surface area contributed by atoms with E-state index in [9.17, 15) is 4.79 Å². The van der Waals surface area contributed by atoms with Gasteiger partial charge < -0.3 is 14.4 Å². The SMILES string of the molecule is COc1cccc(-c2cc(C(=O)N(CCc3cccs3)C3CCOCC3)[nH]n2)c1. The minimum absolute atomic E-state index is 0.00453. The molecule has 0 radical (unpaired) electrons. The van der Waals surface area contributed by atoms with Gasteiger partial charge in [0.15, 0.2) is 0 Å². The number of H-pyrrole nitrogens is 1. The van der Waals surface area contributed by atoms with Crippen LogP contribution in [0.25, 0.3) is 11.3 Å². The number of ether oxygens (including phenoxy) is 2. The highest BCUT2D eigenvalue weighted by Crippen LogP contribution is 2.24. The van der Waals surface area contributed by atoms with Crippen LogP contribution < -0.4 is 4.74 Å². The summed E-state index contributed by atoms with van der Waals surface area (Å²) in [6.07, 6.45) is 2.59. The molecule has 6 nitrogen and oxygen atoms in total. The highest BCUT2D eigenvalue weighted by molar-refractivity contribution is 7.09. The quantitative estimate of drug-likeness (QED) is 0.638. The number of carbonyl (C=O) groups excluding carboxylic acids is 1. The number of hydrogen-bond acceptors (Lipinski definition) is 5. The van der Waals surface area contributed by atoms with Gasteiger partial charge in [-0.3, -0.25) is 9.89 Å². The second kappa shape index (κ2) is 9.24. The monoisotopic (exact) mass is 411 g/mol. The van der Waals surface area contributed by atoms with Crippen LogP contribution >= 0.6 is 11.3 Å². The summed E-state index contributed by atoms with van der Waals surface area (Å²) in [6, 6.07) is 13.9. The molecule has 0 atom stereocenters. The standard InChI is InChI=1S/C22H25N3O3S/c1-27-18-5-2-4-16(14-18)20-15-21(24-23-20)22(26)25(17-8-11-28-12-9-17)10-7-19-6-3-13-29-19/h2-6,13-15,17H,7-12H2,1H3,(H,23,24). The van der Waals surface area contributed by atoms with Gasteiger partial charge in [-0.25, -0.2) is 0 Å². The van der Waals surface area contributed by atoms with Gasteiger partial charge >= 0.3 is 0 Å². The maximum atomic E-state index is 13.4. The maximum absolute atomic E-state index is 13.4. The van der Waals surface area contributed by atoms with Crippen molar-refractivity contribution in [2.24, 2.45) is 0 Å². The van der Waals surface area contributed by atoms with E-state index in [1.165, 1.54) is 4.88 Å². The molecule has 152 valence electrons. The molecule has 0 bridgehead atoms. The van der Waals surface area contributed by atoms with Crippen molar-refractivity contribution in [3.8, 4) is 17.0 Å².